The first-order valence-corrected chi connectivity index (χ1v) is 21.0. The minimum atomic E-state index is -2.75. The van der Waals surface area contributed by atoms with Crippen molar-refractivity contribution in [2.24, 2.45) is 0 Å². The SMILES string of the molecule is CC(C)c1ccc([C](c2ccc(C(C)C)cc2)=[Zr+2]([C]2=CC=CC2)[c]2cc(C(C)(C)C)cc3c2Cc2ccc(C(C)(C)C)cc2-3)cc1.[Cl-].[Cl-]. The molecule has 0 amide bonds. The second kappa shape index (κ2) is 14.9. The van der Waals surface area contributed by atoms with Gasteiger partial charge in [-0.1, -0.05) is 0 Å². The van der Waals surface area contributed by atoms with Gasteiger partial charge in [0.25, 0.3) is 0 Å². The summed E-state index contributed by atoms with van der Waals surface area (Å²) in [4.78, 5) is 0. The molecular formula is C45H52Cl2Zr. The second-order valence-corrected chi connectivity index (χ2v) is 22.2. The fraction of sp³-hybridized carbons (Fsp3) is 0.356. The molecule has 4 aromatic carbocycles. The summed E-state index contributed by atoms with van der Waals surface area (Å²) in [5.74, 6) is 1.04. The third kappa shape index (κ3) is 7.70. The fourth-order valence-electron chi connectivity index (χ4n) is 7.02. The Balaban J connectivity index is 0.00000260. The Morgan fingerprint density at radius 1 is 0.625 bits per heavy atom. The minimum absolute atomic E-state index is 0. The number of benzene rings is 4. The summed E-state index contributed by atoms with van der Waals surface area (Å²) < 4.78 is 4.96. The number of allylic oxidation sites excluding steroid dienone is 4. The quantitative estimate of drug-likeness (QED) is 0.216. The van der Waals surface area contributed by atoms with Crippen LogP contribution in [0.2, 0.25) is 0 Å². The molecule has 0 aromatic heterocycles. The van der Waals surface area contributed by atoms with Gasteiger partial charge in [0.2, 0.25) is 0 Å². The molecule has 0 nitrogen and oxygen atoms in total. The van der Waals surface area contributed by atoms with E-state index in [2.05, 4.69) is 166 Å². The molecule has 4 aromatic rings. The van der Waals surface area contributed by atoms with Crippen molar-refractivity contribution in [3.63, 3.8) is 0 Å². The molecule has 0 saturated carbocycles. The molecule has 0 radical (unpaired) electrons. The predicted octanol–water partition coefficient (Wildman–Crippen LogP) is 5.46. The average molecular weight is 755 g/mol. The molecule has 3 heteroatoms. The van der Waals surface area contributed by atoms with Crippen molar-refractivity contribution in [2.45, 2.75) is 105 Å². The normalized spacial score (nSPS) is 13.4. The van der Waals surface area contributed by atoms with Crippen LogP contribution in [0.3, 0.4) is 0 Å². The Hall–Kier alpha value is -2.31. The van der Waals surface area contributed by atoms with E-state index in [0.29, 0.717) is 11.8 Å². The van der Waals surface area contributed by atoms with Crippen molar-refractivity contribution in [3.8, 4) is 11.1 Å². The third-order valence-electron chi connectivity index (χ3n) is 10.1. The molecule has 0 aliphatic heterocycles. The molecule has 0 saturated heterocycles. The van der Waals surface area contributed by atoms with E-state index in [9.17, 15) is 0 Å². The smallest absolute Gasteiger partial charge is 1.00 e. The van der Waals surface area contributed by atoms with Crippen molar-refractivity contribution in [2.75, 3.05) is 0 Å². The first kappa shape index (κ1) is 38.5. The zero-order valence-electron chi connectivity index (χ0n) is 30.6. The maximum Gasteiger partial charge on any atom is -1.00 e. The van der Waals surface area contributed by atoms with Crippen molar-refractivity contribution in [3.05, 3.63) is 145 Å². The van der Waals surface area contributed by atoms with Gasteiger partial charge in [-0.2, -0.15) is 0 Å². The van der Waals surface area contributed by atoms with Crippen LogP contribution in [0.25, 0.3) is 11.1 Å². The summed E-state index contributed by atoms with van der Waals surface area (Å²) in [6.07, 6.45) is 9.29. The zero-order valence-corrected chi connectivity index (χ0v) is 34.5. The standard InChI is InChI=1S/C21H25.C19H22.C5H5.2ClH.Zr/c1-20(2,3)16-9-7-14-11-15-8-10-17(21(4,5)6)13-19(15)18(14)12-16;1-14(2)18-9-5-16(6-10-18)13-17-7-11-19(12-8-17)15(3)4;1-2-4-5-3-1;;;/h7,9-10,12-13H,11H2,1-6H3;5-12,14-15H,1-4H3;1-3H,4H2;2*1H;/q;;;;;+2/p-2. The molecule has 0 spiro atoms. The molecule has 250 valence electrons. The number of rotatable bonds is 6. The van der Waals surface area contributed by atoms with Gasteiger partial charge in [-0.25, -0.2) is 0 Å². The molecule has 0 unspecified atom stereocenters. The Kier molecular flexibility index (Phi) is 11.9. The first-order valence-electron chi connectivity index (χ1n) is 17.3. The predicted molar refractivity (Wildman–Crippen MR) is 198 cm³/mol. The van der Waals surface area contributed by atoms with Crippen LogP contribution in [0.1, 0.15) is 132 Å². The summed E-state index contributed by atoms with van der Waals surface area (Å²) in [6.45, 7) is 23.4. The summed E-state index contributed by atoms with van der Waals surface area (Å²) in [5.41, 5.74) is 14.7. The van der Waals surface area contributed by atoms with Crippen molar-refractivity contribution >= 4 is 6.48 Å². The topological polar surface area (TPSA) is 0 Å². The minimum Gasteiger partial charge on any atom is -1.00 e. The van der Waals surface area contributed by atoms with Crippen LogP contribution in [-0.4, -0.2) is 3.21 Å². The van der Waals surface area contributed by atoms with E-state index in [1.165, 1.54) is 50.1 Å². The molecule has 0 fully saturated rings. The van der Waals surface area contributed by atoms with Gasteiger partial charge in [-0.15, -0.1) is 0 Å². The van der Waals surface area contributed by atoms with Crippen molar-refractivity contribution < 1.29 is 46.1 Å². The van der Waals surface area contributed by atoms with Gasteiger partial charge >= 0.3 is 288 Å². The van der Waals surface area contributed by atoms with E-state index < -0.39 is 21.3 Å². The largest absolute Gasteiger partial charge is 1.00 e. The van der Waals surface area contributed by atoms with E-state index in [1.54, 1.807) is 15.3 Å². The Morgan fingerprint density at radius 3 is 1.60 bits per heavy atom. The van der Waals surface area contributed by atoms with E-state index in [4.69, 9.17) is 0 Å². The molecule has 0 bridgehead atoms. The number of hydrogen-bond acceptors (Lipinski definition) is 0. The maximum absolute atomic E-state index is 2.75. The summed E-state index contributed by atoms with van der Waals surface area (Å²) in [7, 11) is 0. The van der Waals surface area contributed by atoms with Crippen molar-refractivity contribution in [1.82, 2.24) is 0 Å². The average Bonchev–Trinajstić information content (AvgIpc) is 3.67. The van der Waals surface area contributed by atoms with Crippen LogP contribution in [0, 0.1) is 0 Å². The van der Waals surface area contributed by atoms with Gasteiger partial charge in [0.1, 0.15) is 0 Å². The Bertz CT molecular complexity index is 1820. The van der Waals surface area contributed by atoms with Crippen LogP contribution in [0.15, 0.2) is 100 Å². The van der Waals surface area contributed by atoms with Gasteiger partial charge < -0.3 is 24.8 Å². The van der Waals surface area contributed by atoms with Crippen LogP contribution >= 0.6 is 0 Å². The number of fused-ring (bicyclic) bond motifs is 3. The van der Waals surface area contributed by atoms with Gasteiger partial charge in [-0.05, 0) is 0 Å². The number of halogens is 2. The van der Waals surface area contributed by atoms with Gasteiger partial charge in [0.05, 0.1) is 0 Å². The van der Waals surface area contributed by atoms with E-state index in [0.717, 1.165) is 12.8 Å². The van der Waals surface area contributed by atoms with Crippen LogP contribution in [0.4, 0.5) is 0 Å². The van der Waals surface area contributed by atoms with E-state index >= 15 is 0 Å². The molecule has 0 N–H and O–H groups in total. The molecule has 48 heavy (non-hydrogen) atoms. The van der Waals surface area contributed by atoms with Crippen molar-refractivity contribution in [1.29, 1.82) is 0 Å². The maximum atomic E-state index is 2.66. The summed E-state index contributed by atoms with van der Waals surface area (Å²) in [6, 6.07) is 31.8. The molecule has 2 aliphatic carbocycles. The van der Waals surface area contributed by atoms with Gasteiger partial charge in [-0.3, -0.25) is 0 Å². The van der Waals surface area contributed by atoms with Crippen LogP contribution in [-0.2, 0) is 38.5 Å². The first-order chi connectivity index (χ1) is 21.7. The Labute approximate surface area is 311 Å². The molecule has 2 aliphatic rings. The fourth-order valence-corrected chi connectivity index (χ4v) is 15.0. The number of hydrogen-bond donors (Lipinski definition) is 0. The summed E-state index contributed by atoms with van der Waals surface area (Å²) in [5, 5.41) is 0. The van der Waals surface area contributed by atoms with Gasteiger partial charge in [0.15, 0.2) is 0 Å². The van der Waals surface area contributed by atoms with Gasteiger partial charge in [0, 0.05) is 0 Å². The van der Waals surface area contributed by atoms with Crippen LogP contribution < -0.4 is 28.1 Å². The van der Waals surface area contributed by atoms with E-state index in [-0.39, 0.29) is 35.6 Å². The molecular weight excluding hydrogens is 703 g/mol. The Morgan fingerprint density at radius 2 is 1.15 bits per heavy atom. The van der Waals surface area contributed by atoms with E-state index in [1.807, 2.05) is 0 Å². The van der Waals surface area contributed by atoms with Crippen LogP contribution in [0.5, 0.6) is 0 Å². The third-order valence-corrected chi connectivity index (χ3v) is 17.7. The summed E-state index contributed by atoms with van der Waals surface area (Å²) >= 11 is -2.75. The second-order valence-electron chi connectivity index (χ2n) is 16.2. The molecule has 0 atom stereocenters. The zero-order chi connectivity index (χ0) is 33.0. The monoisotopic (exact) mass is 752 g/mol. The molecule has 0 heterocycles. The molecule has 6 rings (SSSR count).